The first kappa shape index (κ1) is 17.0. The smallest absolute Gasteiger partial charge is 0.342 e. The summed E-state index contributed by atoms with van der Waals surface area (Å²) in [6, 6.07) is -1.15. The van der Waals surface area contributed by atoms with E-state index in [9.17, 15) is 25.0 Å². The van der Waals surface area contributed by atoms with E-state index in [1.165, 1.54) is 0 Å². The normalized spacial score (nSPS) is 33.5. The summed E-state index contributed by atoms with van der Waals surface area (Å²) in [6.45, 7) is -1.29. The van der Waals surface area contributed by atoms with E-state index >= 15 is 0 Å². The van der Waals surface area contributed by atoms with Crippen molar-refractivity contribution in [2.75, 3.05) is 25.6 Å². The van der Waals surface area contributed by atoms with Gasteiger partial charge < -0.3 is 30.5 Å². The lowest BCUT2D eigenvalue weighted by Gasteiger charge is -2.44. The molecule has 116 valence electrons. The number of carbonyl (C=O) groups excluding carboxylic acids is 1. The zero-order valence-corrected chi connectivity index (χ0v) is 11.1. The van der Waals surface area contributed by atoms with Crippen molar-refractivity contribution in [2.24, 2.45) is 5.29 Å². The maximum Gasteiger partial charge on any atom is 0.342 e. The van der Waals surface area contributed by atoms with Crippen molar-refractivity contribution in [3.05, 3.63) is 4.91 Å². The highest BCUT2D eigenvalue weighted by molar-refractivity contribution is 6.18. The molecule has 1 heterocycles. The van der Waals surface area contributed by atoms with Crippen LogP contribution in [0.3, 0.4) is 0 Å². The van der Waals surface area contributed by atoms with Gasteiger partial charge >= 0.3 is 6.03 Å². The average Bonchev–Trinajstić information content (AvgIpc) is 2.43. The second-order valence-electron chi connectivity index (χ2n) is 4.16. The molecule has 20 heavy (non-hydrogen) atoms. The predicted molar refractivity (Wildman–Crippen MR) is 65.5 cm³/mol. The number of alkyl halides is 1. The Morgan fingerprint density at radius 3 is 2.70 bits per heavy atom. The van der Waals surface area contributed by atoms with E-state index in [0.717, 1.165) is 0 Å². The Morgan fingerprint density at radius 2 is 2.20 bits per heavy atom. The molecule has 0 aliphatic carbocycles. The molecule has 11 heteroatoms. The highest BCUT2D eigenvalue weighted by Gasteiger charge is 2.52. The molecule has 1 aliphatic rings. The Morgan fingerprint density at radius 1 is 1.55 bits per heavy atom. The molecule has 5 N–H and O–H groups in total. The molecule has 1 fully saturated rings. The molecule has 0 unspecified atom stereocenters. The lowest BCUT2D eigenvalue weighted by Crippen LogP contribution is -2.72. The van der Waals surface area contributed by atoms with Gasteiger partial charge in [-0.05, 0) is 0 Å². The van der Waals surface area contributed by atoms with Gasteiger partial charge in [-0.15, -0.1) is 16.5 Å². The Balaban J connectivity index is 2.84. The largest absolute Gasteiger partial charge is 0.394 e. The van der Waals surface area contributed by atoms with E-state index in [4.69, 9.17) is 21.4 Å². The number of urea groups is 1. The summed E-state index contributed by atoms with van der Waals surface area (Å²) in [4.78, 5) is 22.2. The van der Waals surface area contributed by atoms with Crippen molar-refractivity contribution in [3.63, 3.8) is 0 Å². The van der Waals surface area contributed by atoms with E-state index in [1.807, 2.05) is 5.32 Å². The Hall–Kier alpha value is -1.04. The number of nitrogens with zero attached hydrogens (tertiary/aromatic N) is 2. The van der Waals surface area contributed by atoms with Crippen LogP contribution in [0.2, 0.25) is 0 Å². The third-order valence-electron chi connectivity index (χ3n) is 2.90. The predicted octanol–water partition coefficient (Wildman–Crippen LogP) is -2.28. The fourth-order valence-corrected chi connectivity index (χ4v) is 1.88. The van der Waals surface area contributed by atoms with Gasteiger partial charge in [0.1, 0.15) is 18.3 Å². The third-order valence-corrected chi connectivity index (χ3v) is 3.06. The van der Waals surface area contributed by atoms with Crippen LogP contribution in [0.25, 0.3) is 0 Å². The standard InChI is InChI=1S/C9H16ClN3O7/c10-1-2-13(12-19)8(17)11-9(18)6(15)4-20-5(3-14)7(9)16/h5-7,14-16,18H,1-4H2,(H,11,17)/t5-,6+,7-,9+/m1/s1. The zero-order chi connectivity index (χ0) is 15.3. The number of hydrogen-bond acceptors (Lipinski definition) is 8. The molecule has 1 rings (SSSR count). The summed E-state index contributed by atoms with van der Waals surface area (Å²) in [5.41, 5.74) is -2.49. The molecule has 2 amide bonds. The molecule has 10 nitrogen and oxygen atoms in total. The van der Waals surface area contributed by atoms with Crippen LogP contribution < -0.4 is 5.32 Å². The van der Waals surface area contributed by atoms with Crippen LogP contribution in [0.1, 0.15) is 0 Å². The molecular weight excluding hydrogens is 298 g/mol. The monoisotopic (exact) mass is 313 g/mol. The van der Waals surface area contributed by atoms with Gasteiger partial charge in [-0.2, -0.15) is 5.01 Å². The first-order chi connectivity index (χ1) is 9.40. The zero-order valence-electron chi connectivity index (χ0n) is 10.3. The number of hydrogen-bond donors (Lipinski definition) is 5. The van der Waals surface area contributed by atoms with Gasteiger partial charge in [0.15, 0.2) is 5.72 Å². The Labute approximate surface area is 118 Å². The third kappa shape index (κ3) is 3.34. The number of carbonyl (C=O) groups is 1. The first-order valence-electron chi connectivity index (χ1n) is 5.70. The number of amides is 2. The minimum Gasteiger partial charge on any atom is -0.394 e. The number of nitroso groups, excluding NO2 is 1. The molecule has 4 atom stereocenters. The number of rotatable bonds is 5. The molecule has 0 saturated carbocycles. The van der Waals surface area contributed by atoms with Crippen LogP contribution in [0.15, 0.2) is 5.29 Å². The van der Waals surface area contributed by atoms with Crippen LogP contribution in [-0.2, 0) is 4.74 Å². The summed E-state index contributed by atoms with van der Waals surface area (Å²) < 4.78 is 4.88. The van der Waals surface area contributed by atoms with E-state index in [0.29, 0.717) is 5.01 Å². The van der Waals surface area contributed by atoms with Crippen molar-refractivity contribution < 1.29 is 30.0 Å². The summed E-state index contributed by atoms with van der Waals surface area (Å²) >= 11 is 5.36. The topological polar surface area (TPSA) is 152 Å². The maximum absolute atomic E-state index is 11.7. The van der Waals surface area contributed by atoms with E-state index in [2.05, 4.69) is 5.29 Å². The second-order valence-corrected chi connectivity index (χ2v) is 4.54. The summed E-state index contributed by atoms with van der Waals surface area (Å²) in [6.07, 6.45) is -4.66. The lowest BCUT2D eigenvalue weighted by atomic mass is 9.93. The van der Waals surface area contributed by atoms with Crippen LogP contribution >= 0.6 is 11.6 Å². The van der Waals surface area contributed by atoms with Gasteiger partial charge in [-0.1, -0.05) is 0 Å². The highest BCUT2D eigenvalue weighted by Crippen LogP contribution is 2.24. The SMILES string of the molecule is O=NN(CCCl)C(=O)N[C@@]1(O)[C@H](O)[C@@H](CO)OC[C@@H]1O. The minimum absolute atomic E-state index is 0.0783. The Bertz CT molecular complexity index is 360. The second kappa shape index (κ2) is 7.11. The fraction of sp³-hybridized carbons (Fsp3) is 0.889. The number of aliphatic hydroxyl groups is 4. The summed E-state index contributed by atoms with van der Waals surface area (Å²) in [7, 11) is 0. The molecular formula is C9H16ClN3O7. The number of halogens is 1. The molecule has 0 bridgehead atoms. The van der Waals surface area contributed by atoms with Gasteiger partial charge in [0.05, 0.1) is 25.0 Å². The quantitative estimate of drug-likeness (QED) is 0.166. The molecule has 0 aromatic rings. The Kier molecular flexibility index (Phi) is 6.05. The molecule has 1 aliphatic heterocycles. The van der Waals surface area contributed by atoms with Crippen molar-refractivity contribution >= 4 is 17.6 Å². The van der Waals surface area contributed by atoms with Crippen molar-refractivity contribution in [1.29, 1.82) is 0 Å². The average molecular weight is 314 g/mol. The molecule has 0 radical (unpaired) electrons. The first-order valence-corrected chi connectivity index (χ1v) is 6.24. The molecule has 0 spiro atoms. The number of ether oxygens (including phenoxy) is 1. The van der Waals surface area contributed by atoms with Gasteiger partial charge in [-0.25, -0.2) is 4.79 Å². The molecule has 1 saturated heterocycles. The summed E-state index contributed by atoms with van der Waals surface area (Å²) in [5.74, 6) is -0.0783. The van der Waals surface area contributed by atoms with E-state index < -0.39 is 43.3 Å². The number of aliphatic hydroxyl groups excluding tert-OH is 3. The van der Waals surface area contributed by atoms with Crippen molar-refractivity contribution in [3.8, 4) is 0 Å². The van der Waals surface area contributed by atoms with Gasteiger partial charge in [0.25, 0.3) is 0 Å². The van der Waals surface area contributed by atoms with Crippen LogP contribution in [0.4, 0.5) is 4.79 Å². The minimum atomic E-state index is -2.49. The van der Waals surface area contributed by atoms with Gasteiger partial charge in [0.2, 0.25) is 0 Å². The lowest BCUT2D eigenvalue weighted by molar-refractivity contribution is -0.254. The molecule has 0 aromatic heterocycles. The fourth-order valence-electron chi connectivity index (χ4n) is 1.72. The van der Waals surface area contributed by atoms with Gasteiger partial charge in [-0.3, -0.25) is 0 Å². The summed E-state index contributed by atoms with van der Waals surface area (Å²) in [5, 5.41) is 43.3. The van der Waals surface area contributed by atoms with Crippen LogP contribution in [-0.4, -0.2) is 81.1 Å². The molecule has 0 aromatic carbocycles. The maximum atomic E-state index is 11.7. The number of nitrogens with one attached hydrogen (secondary N) is 1. The van der Waals surface area contributed by atoms with E-state index in [1.54, 1.807) is 0 Å². The highest BCUT2D eigenvalue weighted by atomic mass is 35.5. The van der Waals surface area contributed by atoms with Gasteiger partial charge in [0, 0.05) is 5.88 Å². The van der Waals surface area contributed by atoms with Crippen molar-refractivity contribution in [2.45, 2.75) is 24.0 Å². The van der Waals surface area contributed by atoms with Crippen LogP contribution in [0, 0.1) is 4.91 Å². The van der Waals surface area contributed by atoms with Crippen molar-refractivity contribution in [1.82, 2.24) is 10.3 Å². The van der Waals surface area contributed by atoms with Crippen LogP contribution in [0.5, 0.6) is 0 Å². The van der Waals surface area contributed by atoms with E-state index in [-0.39, 0.29) is 12.4 Å².